The topological polar surface area (TPSA) is 146 Å². The van der Waals surface area contributed by atoms with Gasteiger partial charge in [-0.15, -0.1) is 11.3 Å². The van der Waals surface area contributed by atoms with E-state index in [0.717, 1.165) is 43.4 Å². The summed E-state index contributed by atoms with van der Waals surface area (Å²) in [6, 6.07) is 5.70. The Balaban J connectivity index is 1.52. The average Bonchev–Trinajstić information content (AvgIpc) is 3.47. The molecule has 1 saturated carbocycles. The molecule has 9 nitrogen and oxygen atoms in total. The van der Waals surface area contributed by atoms with Crippen LogP contribution in [0.2, 0.25) is 5.02 Å². The van der Waals surface area contributed by atoms with Crippen molar-refractivity contribution >= 4 is 45.8 Å². The van der Waals surface area contributed by atoms with Crippen LogP contribution in [0.1, 0.15) is 62.7 Å². The van der Waals surface area contributed by atoms with Crippen LogP contribution < -0.4 is 26.8 Å². The molecule has 11 heteroatoms. The first-order valence-corrected chi connectivity index (χ1v) is 13.7. The van der Waals surface area contributed by atoms with Gasteiger partial charge in [-0.25, -0.2) is 4.79 Å². The Morgan fingerprint density at radius 3 is 2.51 bits per heavy atom. The van der Waals surface area contributed by atoms with E-state index in [4.69, 9.17) is 32.5 Å². The van der Waals surface area contributed by atoms with Gasteiger partial charge in [-0.3, -0.25) is 14.9 Å². The van der Waals surface area contributed by atoms with Crippen LogP contribution in [0, 0.1) is 5.92 Å². The number of hydrogen-bond donors (Lipinski definition) is 4. The Morgan fingerprint density at radius 2 is 1.89 bits per heavy atom. The molecule has 3 amide bonds. The van der Waals surface area contributed by atoms with Crippen molar-refractivity contribution in [1.82, 2.24) is 5.32 Å². The molecule has 3 rings (SSSR count). The number of esters is 1. The fraction of sp³-hybridized carbons (Fsp3) is 0.500. The average molecular weight is 551 g/mol. The van der Waals surface area contributed by atoms with Crippen molar-refractivity contribution in [3.8, 4) is 16.2 Å². The van der Waals surface area contributed by atoms with E-state index in [1.54, 1.807) is 24.3 Å². The largest absolute Gasteiger partial charge is 0.493 e. The highest BCUT2D eigenvalue weighted by molar-refractivity contribution is 7.20. The molecule has 202 valence electrons. The highest BCUT2D eigenvalue weighted by Crippen LogP contribution is 2.39. The highest BCUT2D eigenvalue weighted by atomic mass is 35.5. The summed E-state index contributed by atoms with van der Waals surface area (Å²) in [5.74, 6) is 0.121. The molecule has 1 aromatic heterocycles. The zero-order chi connectivity index (χ0) is 26.9. The lowest BCUT2D eigenvalue weighted by atomic mass is 10.0. The van der Waals surface area contributed by atoms with Crippen molar-refractivity contribution in [3.63, 3.8) is 0 Å². The number of thiophene rings is 1. The number of urea groups is 1. The Labute approximate surface area is 226 Å². The van der Waals surface area contributed by atoms with Gasteiger partial charge in [-0.05, 0) is 75.3 Å². The highest BCUT2D eigenvalue weighted by Gasteiger charge is 2.26. The number of amides is 3. The molecule has 6 N–H and O–H groups in total. The van der Waals surface area contributed by atoms with Crippen molar-refractivity contribution in [2.24, 2.45) is 17.4 Å². The fourth-order valence-corrected chi connectivity index (χ4v) is 5.66. The van der Waals surface area contributed by atoms with Gasteiger partial charge in [0.05, 0.1) is 17.2 Å². The van der Waals surface area contributed by atoms with Gasteiger partial charge in [0.1, 0.15) is 22.9 Å². The number of anilines is 1. The third kappa shape index (κ3) is 8.62. The van der Waals surface area contributed by atoms with E-state index in [9.17, 15) is 14.4 Å². The summed E-state index contributed by atoms with van der Waals surface area (Å²) < 4.78 is 11.5. The molecule has 0 unspecified atom stereocenters. The van der Waals surface area contributed by atoms with Crippen LogP contribution in [0.15, 0.2) is 24.3 Å². The number of nitrogens with two attached hydrogens (primary N) is 2. The number of primary amides is 2. The summed E-state index contributed by atoms with van der Waals surface area (Å²) in [6.07, 6.45) is 5.64. The second-order valence-corrected chi connectivity index (χ2v) is 11.0. The van der Waals surface area contributed by atoms with Crippen molar-refractivity contribution < 1.29 is 23.9 Å². The summed E-state index contributed by atoms with van der Waals surface area (Å²) in [6.45, 7) is 5.23. The van der Waals surface area contributed by atoms with Crippen LogP contribution >= 0.6 is 22.9 Å². The first-order chi connectivity index (χ1) is 17.6. The van der Waals surface area contributed by atoms with Gasteiger partial charge in [0, 0.05) is 10.4 Å². The Bertz CT molecular complexity index is 1100. The molecule has 1 heterocycles. The lowest BCUT2D eigenvalue weighted by Crippen LogP contribution is -2.41. The van der Waals surface area contributed by atoms with Crippen LogP contribution in [-0.2, 0) is 9.53 Å². The van der Waals surface area contributed by atoms with Crippen LogP contribution in [-0.4, -0.2) is 43.2 Å². The fourth-order valence-electron chi connectivity index (χ4n) is 4.22. The van der Waals surface area contributed by atoms with Crippen LogP contribution in [0.3, 0.4) is 0 Å². The van der Waals surface area contributed by atoms with Gasteiger partial charge in [0.25, 0.3) is 5.91 Å². The number of ether oxygens (including phenoxy) is 2. The number of halogens is 1. The summed E-state index contributed by atoms with van der Waals surface area (Å²) in [7, 11) is 0. The number of benzene rings is 1. The molecule has 1 aliphatic rings. The number of rotatable bonds is 13. The minimum atomic E-state index is -0.790. The van der Waals surface area contributed by atoms with E-state index in [2.05, 4.69) is 24.5 Å². The monoisotopic (exact) mass is 550 g/mol. The molecule has 0 bridgehead atoms. The first kappa shape index (κ1) is 28.7. The maximum absolute atomic E-state index is 12.6. The van der Waals surface area contributed by atoms with E-state index in [-0.39, 0.29) is 28.7 Å². The zero-order valence-corrected chi connectivity index (χ0v) is 22.8. The predicted octanol–water partition coefficient (Wildman–Crippen LogP) is 4.92. The molecule has 1 atom stereocenters. The van der Waals surface area contributed by atoms with Crippen molar-refractivity contribution in [2.75, 3.05) is 18.5 Å². The van der Waals surface area contributed by atoms with Crippen molar-refractivity contribution in [3.05, 3.63) is 34.9 Å². The van der Waals surface area contributed by atoms with Gasteiger partial charge in [-0.2, -0.15) is 0 Å². The van der Waals surface area contributed by atoms with Crippen LogP contribution in [0.4, 0.5) is 9.80 Å². The zero-order valence-electron chi connectivity index (χ0n) is 21.2. The van der Waals surface area contributed by atoms with E-state index < -0.39 is 11.9 Å². The van der Waals surface area contributed by atoms with Gasteiger partial charge in [-0.1, -0.05) is 25.4 Å². The third-order valence-electron chi connectivity index (χ3n) is 6.00. The molecular weight excluding hydrogens is 516 g/mol. The van der Waals surface area contributed by atoms with Crippen LogP contribution in [0.5, 0.6) is 5.75 Å². The van der Waals surface area contributed by atoms with Gasteiger partial charge >= 0.3 is 12.0 Å². The minimum Gasteiger partial charge on any atom is -0.493 e. The number of nitrogens with one attached hydrogen (secondary N) is 2. The first-order valence-electron chi connectivity index (χ1n) is 12.5. The number of carbonyl (C=O) groups is 3. The quantitative estimate of drug-likeness (QED) is 0.206. The molecule has 37 heavy (non-hydrogen) atoms. The molecule has 0 aliphatic heterocycles. The van der Waals surface area contributed by atoms with E-state index >= 15 is 0 Å². The van der Waals surface area contributed by atoms with Crippen LogP contribution in [0.25, 0.3) is 10.4 Å². The Kier molecular flexibility index (Phi) is 10.6. The lowest BCUT2D eigenvalue weighted by Gasteiger charge is -2.21. The molecule has 1 fully saturated rings. The Hall–Kier alpha value is -2.82. The summed E-state index contributed by atoms with van der Waals surface area (Å²) in [5, 5.41) is 6.43. The molecule has 2 aromatic rings. The van der Waals surface area contributed by atoms with E-state index in [1.807, 2.05) is 0 Å². The second kappa shape index (κ2) is 13.6. The van der Waals surface area contributed by atoms with Crippen molar-refractivity contribution in [1.29, 1.82) is 0 Å². The normalized spacial score (nSPS) is 14.5. The van der Waals surface area contributed by atoms with E-state index in [0.29, 0.717) is 46.7 Å². The van der Waals surface area contributed by atoms with Crippen molar-refractivity contribution in [2.45, 2.75) is 64.5 Å². The molecule has 0 radical (unpaired) electrons. The molecule has 1 aromatic carbocycles. The summed E-state index contributed by atoms with van der Waals surface area (Å²) >= 11 is 7.63. The maximum atomic E-state index is 12.6. The second-order valence-electron chi connectivity index (χ2n) is 9.53. The Morgan fingerprint density at radius 1 is 1.16 bits per heavy atom. The predicted molar refractivity (Wildman–Crippen MR) is 146 cm³/mol. The standard InChI is InChI=1S/C26H35ClN4O5S/c1-15(2)12-21(25(33)36-16-6-3-4-7-16)30-10-5-11-35-17-8-9-18(20(27)13-17)22-14-19(23(28)32)24(37-22)31-26(29)34/h8-9,13-16,21,30H,3-7,10-12H2,1-2H3,(H2,28,32)(H3,29,31,34)/t21-/m0/s1. The van der Waals surface area contributed by atoms with Gasteiger partial charge < -0.3 is 26.3 Å². The molecular formula is C26H35ClN4O5S. The molecule has 1 aliphatic carbocycles. The molecule has 0 saturated heterocycles. The smallest absolute Gasteiger partial charge is 0.323 e. The van der Waals surface area contributed by atoms with E-state index in [1.165, 1.54) is 0 Å². The third-order valence-corrected chi connectivity index (χ3v) is 7.39. The number of carbonyl (C=O) groups excluding carboxylic acids is 3. The minimum absolute atomic E-state index is 0.0579. The summed E-state index contributed by atoms with van der Waals surface area (Å²) in [5.41, 5.74) is 11.4. The maximum Gasteiger partial charge on any atom is 0.323 e. The SMILES string of the molecule is CC(C)C[C@H](NCCCOc1ccc(-c2cc(C(N)=O)c(NC(N)=O)s2)c(Cl)c1)C(=O)OC1CCCC1. The van der Waals surface area contributed by atoms with Gasteiger partial charge in [0.15, 0.2) is 0 Å². The molecule has 0 spiro atoms. The van der Waals surface area contributed by atoms with Gasteiger partial charge in [0.2, 0.25) is 0 Å². The summed E-state index contributed by atoms with van der Waals surface area (Å²) in [4.78, 5) is 36.2. The lowest BCUT2D eigenvalue weighted by molar-refractivity contribution is -0.151. The number of hydrogen-bond acceptors (Lipinski definition) is 7.